The van der Waals surface area contributed by atoms with E-state index in [1.807, 2.05) is 30.3 Å². The van der Waals surface area contributed by atoms with E-state index in [1.165, 1.54) is 18.9 Å². The third-order valence-electron chi connectivity index (χ3n) is 4.72. The van der Waals surface area contributed by atoms with Crippen molar-refractivity contribution in [2.24, 2.45) is 0 Å². The molecule has 0 saturated carbocycles. The number of carbonyl (C=O) groups excluding carboxylic acids is 1. The second kappa shape index (κ2) is 10.6. The fourth-order valence-corrected chi connectivity index (χ4v) is 4.13. The van der Waals surface area contributed by atoms with E-state index in [0.29, 0.717) is 34.6 Å². The molecule has 1 heterocycles. The zero-order chi connectivity index (χ0) is 21.3. The maximum absolute atomic E-state index is 13.2. The molecule has 1 aromatic heterocycles. The molecule has 0 radical (unpaired) electrons. The van der Waals surface area contributed by atoms with Crippen LogP contribution in [0.2, 0.25) is 0 Å². The van der Waals surface area contributed by atoms with Gasteiger partial charge in [0.25, 0.3) is 5.56 Å². The standard InChI is InChI=1S/C23H23N3O3S/c1-29-22(28)18-10-11-19-20(16-18)25-23(30-15-7-3-6-13-24)26(21(19)27)14-12-17-8-4-2-5-9-17/h2,4-5,8-11,16H,3,6-7,12,14-15H2,1H3. The summed E-state index contributed by atoms with van der Waals surface area (Å²) in [5.41, 5.74) is 1.88. The van der Waals surface area contributed by atoms with Crippen LogP contribution in [0.15, 0.2) is 58.5 Å². The summed E-state index contributed by atoms with van der Waals surface area (Å²) < 4.78 is 6.49. The lowest BCUT2D eigenvalue weighted by Crippen LogP contribution is -2.24. The molecule has 7 heteroatoms. The van der Waals surface area contributed by atoms with Crippen LogP contribution in [0.1, 0.15) is 35.2 Å². The highest BCUT2D eigenvalue weighted by Crippen LogP contribution is 2.21. The number of hydrogen-bond acceptors (Lipinski definition) is 6. The maximum atomic E-state index is 13.2. The van der Waals surface area contributed by atoms with Crippen LogP contribution in [0.3, 0.4) is 0 Å². The van der Waals surface area contributed by atoms with Crippen LogP contribution in [0, 0.1) is 11.3 Å². The van der Waals surface area contributed by atoms with E-state index < -0.39 is 5.97 Å². The average molecular weight is 422 g/mol. The molecule has 0 amide bonds. The van der Waals surface area contributed by atoms with Crippen molar-refractivity contribution in [3.05, 3.63) is 70.0 Å². The van der Waals surface area contributed by atoms with E-state index in [0.717, 1.165) is 30.6 Å². The number of rotatable bonds is 9. The van der Waals surface area contributed by atoms with E-state index in [2.05, 4.69) is 6.07 Å². The number of nitriles is 1. The highest BCUT2D eigenvalue weighted by Gasteiger charge is 2.14. The van der Waals surface area contributed by atoms with Crippen LogP contribution in [0.25, 0.3) is 10.9 Å². The Morgan fingerprint density at radius 3 is 2.73 bits per heavy atom. The van der Waals surface area contributed by atoms with Crippen LogP contribution in [0.4, 0.5) is 0 Å². The Balaban J connectivity index is 1.94. The molecular formula is C23H23N3O3S. The number of aryl methyl sites for hydroxylation is 1. The van der Waals surface area contributed by atoms with Gasteiger partial charge in [-0.3, -0.25) is 9.36 Å². The van der Waals surface area contributed by atoms with Crippen molar-refractivity contribution in [2.45, 2.75) is 37.4 Å². The number of ether oxygens (including phenoxy) is 1. The highest BCUT2D eigenvalue weighted by atomic mass is 32.2. The second-order valence-electron chi connectivity index (χ2n) is 6.77. The van der Waals surface area contributed by atoms with Gasteiger partial charge in [-0.05, 0) is 43.0 Å². The zero-order valence-corrected chi connectivity index (χ0v) is 17.7. The minimum absolute atomic E-state index is 0.119. The van der Waals surface area contributed by atoms with Crippen LogP contribution in [-0.2, 0) is 17.7 Å². The van der Waals surface area contributed by atoms with Gasteiger partial charge in [0.05, 0.1) is 29.6 Å². The molecule has 0 atom stereocenters. The molecule has 6 nitrogen and oxygen atoms in total. The minimum atomic E-state index is -0.460. The van der Waals surface area contributed by atoms with Crippen molar-refractivity contribution < 1.29 is 9.53 Å². The van der Waals surface area contributed by atoms with Gasteiger partial charge in [-0.2, -0.15) is 5.26 Å². The van der Waals surface area contributed by atoms with Gasteiger partial charge in [-0.25, -0.2) is 9.78 Å². The van der Waals surface area contributed by atoms with Gasteiger partial charge >= 0.3 is 5.97 Å². The first kappa shape index (κ1) is 21.6. The van der Waals surface area contributed by atoms with Crippen molar-refractivity contribution >= 4 is 28.6 Å². The molecular weight excluding hydrogens is 398 g/mol. The molecule has 0 N–H and O–H groups in total. The first-order chi connectivity index (χ1) is 14.6. The third kappa shape index (κ3) is 5.28. The number of nitrogens with zero attached hydrogens (tertiary/aromatic N) is 3. The summed E-state index contributed by atoms with van der Waals surface area (Å²) in [6.45, 7) is 0.519. The first-order valence-electron chi connectivity index (χ1n) is 9.80. The van der Waals surface area contributed by atoms with E-state index in [4.69, 9.17) is 15.0 Å². The predicted molar refractivity (Wildman–Crippen MR) is 118 cm³/mol. The minimum Gasteiger partial charge on any atom is -0.465 e. The van der Waals surface area contributed by atoms with E-state index in [1.54, 1.807) is 22.8 Å². The highest BCUT2D eigenvalue weighted by molar-refractivity contribution is 7.99. The molecule has 0 fully saturated rings. The monoisotopic (exact) mass is 421 g/mol. The quantitative estimate of drug-likeness (QED) is 0.223. The maximum Gasteiger partial charge on any atom is 0.337 e. The van der Waals surface area contributed by atoms with Crippen molar-refractivity contribution in [1.82, 2.24) is 9.55 Å². The summed E-state index contributed by atoms with van der Waals surface area (Å²) in [5.74, 6) is 0.305. The molecule has 0 spiro atoms. The number of aromatic nitrogens is 2. The van der Waals surface area contributed by atoms with Crippen LogP contribution < -0.4 is 5.56 Å². The Morgan fingerprint density at radius 1 is 1.20 bits per heavy atom. The normalized spacial score (nSPS) is 10.7. The van der Waals surface area contributed by atoms with Gasteiger partial charge < -0.3 is 4.74 Å². The Bertz CT molecular complexity index is 1120. The number of carbonyl (C=O) groups is 1. The number of benzene rings is 2. The summed E-state index contributed by atoms with van der Waals surface area (Å²) in [6.07, 6.45) is 2.93. The lowest BCUT2D eigenvalue weighted by Gasteiger charge is -2.13. The smallest absolute Gasteiger partial charge is 0.337 e. The van der Waals surface area contributed by atoms with Gasteiger partial charge in [0.15, 0.2) is 5.16 Å². The molecule has 0 bridgehead atoms. The molecule has 3 rings (SSSR count). The van der Waals surface area contributed by atoms with E-state index >= 15 is 0 Å². The van der Waals surface area contributed by atoms with E-state index in [-0.39, 0.29) is 5.56 Å². The zero-order valence-electron chi connectivity index (χ0n) is 16.8. The Morgan fingerprint density at radius 2 is 2.00 bits per heavy atom. The molecule has 30 heavy (non-hydrogen) atoms. The van der Waals surface area contributed by atoms with Gasteiger partial charge in [-0.15, -0.1) is 0 Å². The third-order valence-corrected chi connectivity index (χ3v) is 5.79. The number of esters is 1. The topological polar surface area (TPSA) is 85.0 Å². The summed E-state index contributed by atoms with van der Waals surface area (Å²) in [6, 6.07) is 17.0. The fourth-order valence-electron chi connectivity index (χ4n) is 3.11. The summed E-state index contributed by atoms with van der Waals surface area (Å²) in [5, 5.41) is 9.80. The summed E-state index contributed by atoms with van der Waals surface area (Å²) in [4.78, 5) is 29.8. The Kier molecular flexibility index (Phi) is 7.63. The Hall–Kier alpha value is -3.11. The summed E-state index contributed by atoms with van der Waals surface area (Å²) >= 11 is 1.51. The van der Waals surface area contributed by atoms with Crippen LogP contribution in [0.5, 0.6) is 0 Å². The number of methoxy groups -OCH3 is 1. The predicted octanol–water partition coefficient (Wildman–Crippen LogP) is 4.21. The van der Waals surface area contributed by atoms with Gasteiger partial charge in [-0.1, -0.05) is 42.1 Å². The lowest BCUT2D eigenvalue weighted by molar-refractivity contribution is 0.0601. The first-order valence-corrected chi connectivity index (χ1v) is 10.8. The molecule has 0 aliphatic rings. The number of unbranched alkanes of at least 4 members (excludes halogenated alkanes) is 2. The van der Waals surface area contributed by atoms with E-state index in [9.17, 15) is 9.59 Å². The molecule has 154 valence electrons. The molecule has 2 aromatic carbocycles. The largest absolute Gasteiger partial charge is 0.465 e. The molecule has 0 aliphatic carbocycles. The Labute approximate surface area is 179 Å². The van der Waals surface area contributed by atoms with Gasteiger partial charge in [0.2, 0.25) is 0 Å². The van der Waals surface area contributed by atoms with Crippen molar-refractivity contribution in [2.75, 3.05) is 12.9 Å². The number of thioether (sulfide) groups is 1. The van der Waals surface area contributed by atoms with Gasteiger partial charge in [0.1, 0.15) is 0 Å². The summed E-state index contributed by atoms with van der Waals surface area (Å²) in [7, 11) is 1.32. The average Bonchev–Trinajstić information content (AvgIpc) is 2.78. The molecule has 0 aliphatic heterocycles. The number of hydrogen-bond donors (Lipinski definition) is 0. The lowest BCUT2D eigenvalue weighted by atomic mass is 10.1. The van der Waals surface area contributed by atoms with Crippen molar-refractivity contribution in [3.63, 3.8) is 0 Å². The van der Waals surface area contributed by atoms with Crippen molar-refractivity contribution in [1.29, 1.82) is 5.26 Å². The molecule has 0 saturated heterocycles. The van der Waals surface area contributed by atoms with Crippen LogP contribution >= 0.6 is 11.8 Å². The van der Waals surface area contributed by atoms with Gasteiger partial charge in [0, 0.05) is 18.7 Å². The fraction of sp³-hybridized carbons (Fsp3) is 0.304. The van der Waals surface area contributed by atoms with Crippen molar-refractivity contribution in [3.8, 4) is 6.07 Å². The van der Waals surface area contributed by atoms with Crippen LogP contribution in [-0.4, -0.2) is 28.4 Å². The molecule has 3 aromatic rings. The molecule has 0 unspecified atom stereocenters. The SMILES string of the molecule is COC(=O)c1ccc2c(=O)n(CCc3ccccc3)c(SCCCCC#N)nc2c1. The number of fused-ring (bicyclic) bond motifs is 1. The second-order valence-corrected chi connectivity index (χ2v) is 7.84.